The Labute approximate surface area is 199 Å². The molecule has 1 aliphatic rings. The molecule has 4 rings (SSSR count). The SMILES string of the molecule is COCCN1C(=O)S/C(=C/c2c(OCc3ccc(Cl)cc3Cl)ccc3ccccc23)C1=O. The summed E-state index contributed by atoms with van der Waals surface area (Å²) in [4.78, 5) is 26.7. The molecule has 3 aromatic carbocycles. The van der Waals surface area contributed by atoms with E-state index in [1.807, 2.05) is 42.5 Å². The zero-order valence-corrected chi connectivity index (χ0v) is 19.5. The van der Waals surface area contributed by atoms with Crippen LogP contribution in [0.2, 0.25) is 10.0 Å². The summed E-state index contributed by atoms with van der Waals surface area (Å²) < 4.78 is 11.1. The fraction of sp³-hybridized carbons (Fsp3) is 0.167. The minimum atomic E-state index is -0.336. The first-order valence-corrected chi connectivity index (χ1v) is 11.4. The van der Waals surface area contributed by atoms with E-state index in [0.717, 1.165) is 33.7 Å². The van der Waals surface area contributed by atoms with E-state index in [0.29, 0.717) is 20.7 Å². The number of amides is 2. The molecule has 32 heavy (non-hydrogen) atoms. The molecule has 8 heteroatoms. The average Bonchev–Trinajstić information content (AvgIpc) is 3.05. The molecule has 164 valence electrons. The van der Waals surface area contributed by atoms with Crippen LogP contribution in [0.5, 0.6) is 5.75 Å². The predicted octanol–water partition coefficient (Wildman–Crippen LogP) is 6.41. The Bertz CT molecular complexity index is 1230. The summed E-state index contributed by atoms with van der Waals surface area (Å²) in [5.41, 5.74) is 1.51. The summed E-state index contributed by atoms with van der Waals surface area (Å²) in [6, 6.07) is 16.8. The molecule has 1 heterocycles. The van der Waals surface area contributed by atoms with E-state index in [1.165, 1.54) is 12.0 Å². The lowest BCUT2D eigenvalue weighted by molar-refractivity contribution is -0.123. The number of carbonyl (C=O) groups is 2. The number of hydrogen-bond acceptors (Lipinski definition) is 5. The molecule has 1 fully saturated rings. The minimum Gasteiger partial charge on any atom is -0.488 e. The quantitative estimate of drug-likeness (QED) is 0.360. The number of nitrogens with zero attached hydrogens (tertiary/aromatic N) is 1. The monoisotopic (exact) mass is 487 g/mol. The van der Waals surface area contributed by atoms with Gasteiger partial charge in [0.05, 0.1) is 18.1 Å². The molecule has 0 N–H and O–H groups in total. The number of imide groups is 1. The minimum absolute atomic E-state index is 0.215. The van der Waals surface area contributed by atoms with Crippen molar-refractivity contribution in [2.24, 2.45) is 0 Å². The number of thioether (sulfide) groups is 1. The van der Waals surface area contributed by atoms with Gasteiger partial charge in [-0.1, -0.05) is 59.6 Å². The number of fused-ring (bicyclic) bond motifs is 1. The van der Waals surface area contributed by atoms with Gasteiger partial charge < -0.3 is 9.47 Å². The molecule has 5 nitrogen and oxygen atoms in total. The third kappa shape index (κ3) is 4.79. The van der Waals surface area contributed by atoms with Crippen molar-refractivity contribution in [2.45, 2.75) is 6.61 Å². The summed E-state index contributed by atoms with van der Waals surface area (Å²) >= 11 is 13.2. The topological polar surface area (TPSA) is 55.8 Å². The fourth-order valence-electron chi connectivity index (χ4n) is 3.35. The first-order valence-electron chi connectivity index (χ1n) is 9.80. The van der Waals surface area contributed by atoms with Crippen LogP contribution < -0.4 is 4.74 Å². The Balaban J connectivity index is 1.70. The van der Waals surface area contributed by atoms with E-state index >= 15 is 0 Å². The van der Waals surface area contributed by atoms with Crippen molar-refractivity contribution in [3.05, 3.63) is 80.7 Å². The van der Waals surface area contributed by atoms with Gasteiger partial charge in [-0.05, 0) is 46.8 Å². The molecule has 0 radical (unpaired) electrons. The van der Waals surface area contributed by atoms with E-state index in [2.05, 4.69) is 0 Å². The number of methoxy groups -OCH3 is 1. The number of benzene rings is 3. The van der Waals surface area contributed by atoms with Gasteiger partial charge in [-0.3, -0.25) is 14.5 Å². The Morgan fingerprint density at radius 3 is 2.66 bits per heavy atom. The number of ether oxygens (including phenoxy) is 2. The van der Waals surface area contributed by atoms with Crippen molar-refractivity contribution in [3.63, 3.8) is 0 Å². The smallest absolute Gasteiger partial charge is 0.293 e. The number of hydrogen-bond donors (Lipinski definition) is 0. The highest BCUT2D eigenvalue weighted by Gasteiger charge is 2.35. The van der Waals surface area contributed by atoms with Crippen LogP contribution in [0.4, 0.5) is 4.79 Å². The van der Waals surface area contributed by atoms with Crippen molar-refractivity contribution in [1.29, 1.82) is 0 Å². The Hall–Kier alpha value is -2.51. The van der Waals surface area contributed by atoms with Gasteiger partial charge in [0.15, 0.2) is 0 Å². The van der Waals surface area contributed by atoms with Crippen LogP contribution >= 0.6 is 35.0 Å². The maximum Gasteiger partial charge on any atom is 0.293 e. The Kier molecular flexibility index (Phi) is 7.06. The van der Waals surface area contributed by atoms with Crippen molar-refractivity contribution in [3.8, 4) is 5.75 Å². The van der Waals surface area contributed by atoms with Gasteiger partial charge in [0.1, 0.15) is 12.4 Å². The van der Waals surface area contributed by atoms with E-state index in [9.17, 15) is 9.59 Å². The molecule has 0 aliphatic carbocycles. The van der Waals surface area contributed by atoms with Crippen LogP contribution in [0.3, 0.4) is 0 Å². The summed E-state index contributed by atoms with van der Waals surface area (Å²) in [6.07, 6.45) is 1.72. The van der Waals surface area contributed by atoms with E-state index in [-0.39, 0.29) is 30.9 Å². The molecule has 0 saturated carbocycles. The predicted molar refractivity (Wildman–Crippen MR) is 129 cm³/mol. The van der Waals surface area contributed by atoms with Crippen molar-refractivity contribution in [2.75, 3.05) is 20.3 Å². The summed E-state index contributed by atoms with van der Waals surface area (Å²) in [7, 11) is 1.53. The third-order valence-corrected chi connectivity index (χ3v) is 6.49. The lowest BCUT2D eigenvalue weighted by atomic mass is 10.0. The molecule has 1 saturated heterocycles. The maximum atomic E-state index is 12.8. The molecule has 1 aliphatic heterocycles. The molecule has 3 aromatic rings. The van der Waals surface area contributed by atoms with Crippen molar-refractivity contribution < 1.29 is 19.1 Å². The second-order valence-corrected chi connectivity index (χ2v) is 8.89. The molecule has 0 unspecified atom stereocenters. The van der Waals surface area contributed by atoms with Gasteiger partial charge in [0.25, 0.3) is 11.1 Å². The first-order chi connectivity index (χ1) is 15.5. The van der Waals surface area contributed by atoms with Crippen molar-refractivity contribution >= 4 is 63.0 Å². The van der Waals surface area contributed by atoms with Crippen LogP contribution in [0.15, 0.2) is 59.5 Å². The van der Waals surface area contributed by atoms with Gasteiger partial charge in [0, 0.05) is 28.3 Å². The highest BCUT2D eigenvalue weighted by atomic mass is 35.5. The summed E-state index contributed by atoms with van der Waals surface area (Å²) in [6.45, 7) is 0.729. The standard InChI is InChI=1S/C24H19Cl2NO4S/c1-30-11-10-27-23(28)22(32-24(27)29)13-19-18-5-3-2-4-15(18)7-9-21(19)31-14-16-6-8-17(25)12-20(16)26/h2-9,12-13H,10-11,14H2,1H3/b22-13+. The fourth-order valence-corrected chi connectivity index (χ4v) is 4.66. The molecular formula is C24H19Cl2NO4S. The zero-order chi connectivity index (χ0) is 22.7. The normalized spacial score (nSPS) is 15.2. The van der Waals surface area contributed by atoms with Gasteiger partial charge >= 0.3 is 0 Å². The van der Waals surface area contributed by atoms with Gasteiger partial charge in [-0.2, -0.15) is 0 Å². The third-order valence-electron chi connectivity index (χ3n) is 5.00. The molecular weight excluding hydrogens is 469 g/mol. The second kappa shape index (κ2) is 9.96. The summed E-state index contributed by atoms with van der Waals surface area (Å²) in [5.74, 6) is 0.245. The second-order valence-electron chi connectivity index (χ2n) is 7.05. The Morgan fingerprint density at radius 2 is 1.88 bits per heavy atom. The highest BCUT2D eigenvalue weighted by molar-refractivity contribution is 8.18. The molecule has 2 amide bonds. The van der Waals surface area contributed by atoms with Gasteiger partial charge in [0.2, 0.25) is 0 Å². The largest absolute Gasteiger partial charge is 0.488 e. The zero-order valence-electron chi connectivity index (χ0n) is 17.1. The van der Waals surface area contributed by atoms with Gasteiger partial charge in [-0.25, -0.2) is 0 Å². The van der Waals surface area contributed by atoms with Crippen LogP contribution in [0.1, 0.15) is 11.1 Å². The number of rotatable bonds is 7. The van der Waals surface area contributed by atoms with Crippen LogP contribution in [-0.4, -0.2) is 36.3 Å². The summed E-state index contributed by atoms with van der Waals surface area (Å²) in [5, 5.41) is 2.66. The number of carbonyl (C=O) groups excluding carboxylic acids is 2. The maximum absolute atomic E-state index is 12.8. The lowest BCUT2D eigenvalue weighted by Crippen LogP contribution is -2.31. The average molecular weight is 488 g/mol. The van der Waals surface area contributed by atoms with E-state index < -0.39 is 0 Å². The molecule has 0 atom stereocenters. The molecule has 0 spiro atoms. The van der Waals surface area contributed by atoms with Crippen LogP contribution in [-0.2, 0) is 16.1 Å². The van der Waals surface area contributed by atoms with Gasteiger partial charge in [-0.15, -0.1) is 0 Å². The molecule has 0 aromatic heterocycles. The lowest BCUT2D eigenvalue weighted by Gasteiger charge is -2.14. The number of halogens is 2. The van der Waals surface area contributed by atoms with Crippen LogP contribution in [0.25, 0.3) is 16.8 Å². The van der Waals surface area contributed by atoms with E-state index in [1.54, 1.807) is 18.2 Å². The van der Waals surface area contributed by atoms with Crippen molar-refractivity contribution in [1.82, 2.24) is 4.90 Å². The molecule has 0 bridgehead atoms. The first kappa shape index (κ1) is 22.7. The Morgan fingerprint density at radius 1 is 1.06 bits per heavy atom. The van der Waals surface area contributed by atoms with Crippen LogP contribution in [0, 0.1) is 0 Å². The highest BCUT2D eigenvalue weighted by Crippen LogP contribution is 2.37. The van der Waals surface area contributed by atoms with E-state index in [4.69, 9.17) is 32.7 Å².